The van der Waals surface area contributed by atoms with Gasteiger partial charge in [-0.15, -0.1) is 23.7 Å². The van der Waals surface area contributed by atoms with Crippen LogP contribution in [0.3, 0.4) is 0 Å². The summed E-state index contributed by atoms with van der Waals surface area (Å²) in [6.07, 6.45) is -3.92. The zero-order chi connectivity index (χ0) is 20.6. The van der Waals surface area contributed by atoms with E-state index in [4.69, 9.17) is 5.73 Å². The second-order valence-corrected chi connectivity index (χ2v) is 8.02. The summed E-state index contributed by atoms with van der Waals surface area (Å²) in [5.74, 6) is -1.37. The van der Waals surface area contributed by atoms with Gasteiger partial charge >= 0.3 is 6.18 Å². The van der Waals surface area contributed by atoms with E-state index in [1.54, 1.807) is 0 Å². The third-order valence-electron chi connectivity index (χ3n) is 4.74. The van der Waals surface area contributed by atoms with Crippen LogP contribution in [0.1, 0.15) is 50.6 Å². The number of rotatable bonds is 4. The van der Waals surface area contributed by atoms with E-state index in [2.05, 4.69) is 24.1 Å². The molecule has 0 bridgehead atoms. The van der Waals surface area contributed by atoms with E-state index in [-0.39, 0.29) is 28.5 Å². The lowest BCUT2D eigenvalue weighted by molar-refractivity contribution is -0.137. The quantitative estimate of drug-likeness (QED) is 0.733. The first-order valence-electron chi connectivity index (χ1n) is 8.75. The number of hydrogen-bond acceptors (Lipinski definition) is 4. The van der Waals surface area contributed by atoms with Crippen LogP contribution in [-0.4, -0.2) is 29.3 Å². The standard InChI is InChI=1S/C19H20F3N3O2S.ClH/c1-10(2)25-7-6-13-14(9-25)28-18(15(13)16(23)26)24-17(27)11-4-3-5-12(8-11)19(20,21)22;/h3-5,8,10H,6-7,9H2,1-2H3,(H2,23,26)(H,24,27);1H. The van der Waals surface area contributed by atoms with Crippen LogP contribution in [0.2, 0.25) is 0 Å². The van der Waals surface area contributed by atoms with Gasteiger partial charge in [-0.25, -0.2) is 0 Å². The summed E-state index contributed by atoms with van der Waals surface area (Å²) in [5, 5.41) is 2.86. The van der Waals surface area contributed by atoms with Crippen molar-refractivity contribution in [3.8, 4) is 0 Å². The van der Waals surface area contributed by atoms with Crippen molar-refractivity contribution in [2.24, 2.45) is 5.73 Å². The fourth-order valence-corrected chi connectivity index (χ4v) is 4.50. The zero-order valence-electron chi connectivity index (χ0n) is 15.8. The number of alkyl halides is 3. The number of amides is 2. The van der Waals surface area contributed by atoms with Crippen molar-refractivity contribution in [2.45, 2.75) is 39.0 Å². The molecule has 0 spiro atoms. The fraction of sp³-hybridized carbons (Fsp3) is 0.368. The van der Waals surface area contributed by atoms with Crippen molar-refractivity contribution in [1.82, 2.24) is 4.90 Å². The summed E-state index contributed by atoms with van der Waals surface area (Å²) in [4.78, 5) is 27.7. The number of nitrogens with one attached hydrogen (secondary N) is 1. The van der Waals surface area contributed by atoms with Crippen LogP contribution in [0.15, 0.2) is 24.3 Å². The van der Waals surface area contributed by atoms with Crippen molar-refractivity contribution in [1.29, 1.82) is 0 Å². The fourth-order valence-electron chi connectivity index (χ4n) is 3.22. The number of fused-ring (bicyclic) bond motifs is 1. The lowest BCUT2D eigenvalue weighted by atomic mass is 10.0. The molecular weight excluding hydrogens is 427 g/mol. The van der Waals surface area contributed by atoms with Crippen molar-refractivity contribution in [3.63, 3.8) is 0 Å². The third kappa shape index (κ3) is 4.91. The smallest absolute Gasteiger partial charge is 0.365 e. The van der Waals surface area contributed by atoms with Crippen LogP contribution < -0.4 is 11.1 Å². The number of benzene rings is 1. The SMILES string of the molecule is CC(C)N1CCc2c(sc(NC(=O)c3cccc(C(F)(F)F)c3)c2C(N)=O)C1.Cl. The number of carbonyl (C=O) groups excluding carboxylic acids is 2. The van der Waals surface area contributed by atoms with E-state index >= 15 is 0 Å². The van der Waals surface area contributed by atoms with Crippen LogP contribution in [0, 0.1) is 0 Å². The molecule has 2 amide bonds. The van der Waals surface area contributed by atoms with E-state index in [0.29, 0.717) is 19.0 Å². The maximum atomic E-state index is 12.9. The van der Waals surface area contributed by atoms with Gasteiger partial charge in [0.15, 0.2) is 0 Å². The molecule has 0 saturated heterocycles. The van der Waals surface area contributed by atoms with Gasteiger partial charge in [-0.2, -0.15) is 13.2 Å². The highest BCUT2D eigenvalue weighted by Gasteiger charge is 2.32. The van der Waals surface area contributed by atoms with Crippen molar-refractivity contribution >= 4 is 40.6 Å². The van der Waals surface area contributed by atoms with Gasteiger partial charge in [0.25, 0.3) is 11.8 Å². The highest BCUT2D eigenvalue weighted by atomic mass is 35.5. The minimum absolute atomic E-state index is 0. The molecule has 0 fully saturated rings. The Labute approximate surface area is 176 Å². The molecule has 3 N–H and O–H groups in total. The van der Waals surface area contributed by atoms with Crippen molar-refractivity contribution in [3.05, 3.63) is 51.4 Å². The van der Waals surface area contributed by atoms with Gasteiger partial charge in [-0.3, -0.25) is 14.5 Å². The molecule has 5 nitrogen and oxygen atoms in total. The number of carbonyl (C=O) groups is 2. The van der Waals surface area contributed by atoms with Crippen molar-refractivity contribution in [2.75, 3.05) is 11.9 Å². The molecule has 0 radical (unpaired) electrons. The van der Waals surface area contributed by atoms with Crippen LogP contribution in [0.25, 0.3) is 0 Å². The highest BCUT2D eigenvalue weighted by Crippen LogP contribution is 2.38. The summed E-state index contributed by atoms with van der Waals surface area (Å²) >= 11 is 1.25. The molecule has 0 atom stereocenters. The maximum Gasteiger partial charge on any atom is 0.416 e. The molecule has 3 rings (SSSR count). The van der Waals surface area contributed by atoms with Gasteiger partial charge in [-0.05, 0) is 44.0 Å². The summed E-state index contributed by atoms with van der Waals surface area (Å²) in [6, 6.07) is 4.48. The summed E-state index contributed by atoms with van der Waals surface area (Å²) < 4.78 is 38.7. The predicted octanol–water partition coefficient (Wildman–Crippen LogP) is 4.31. The molecule has 1 aromatic carbocycles. The summed E-state index contributed by atoms with van der Waals surface area (Å²) in [6.45, 7) is 5.55. The number of thiophene rings is 1. The lowest BCUT2D eigenvalue weighted by Crippen LogP contribution is -2.35. The van der Waals surface area contributed by atoms with Crippen LogP contribution >= 0.6 is 23.7 Å². The first-order chi connectivity index (χ1) is 13.1. The average Bonchev–Trinajstić information content (AvgIpc) is 2.98. The van der Waals surface area contributed by atoms with E-state index in [1.807, 2.05) is 0 Å². The zero-order valence-corrected chi connectivity index (χ0v) is 17.4. The number of nitrogens with zero attached hydrogens (tertiary/aromatic N) is 1. The molecule has 0 saturated carbocycles. The Bertz CT molecular complexity index is 928. The Morgan fingerprint density at radius 3 is 2.55 bits per heavy atom. The van der Waals surface area contributed by atoms with Gasteiger partial charge in [-0.1, -0.05) is 6.07 Å². The Hall–Kier alpha value is -2.10. The maximum absolute atomic E-state index is 12.9. The summed E-state index contributed by atoms with van der Waals surface area (Å²) in [7, 11) is 0. The van der Waals surface area contributed by atoms with E-state index in [9.17, 15) is 22.8 Å². The third-order valence-corrected chi connectivity index (χ3v) is 5.87. The number of primary amides is 1. The number of halogens is 4. The highest BCUT2D eigenvalue weighted by molar-refractivity contribution is 7.17. The summed E-state index contributed by atoms with van der Waals surface area (Å²) in [5.41, 5.74) is 5.55. The van der Waals surface area contributed by atoms with E-state index in [0.717, 1.165) is 29.1 Å². The van der Waals surface area contributed by atoms with E-state index in [1.165, 1.54) is 23.5 Å². The van der Waals surface area contributed by atoms with Gasteiger partial charge in [0, 0.05) is 29.6 Å². The van der Waals surface area contributed by atoms with Crippen LogP contribution in [0.4, 0.5) is 18.2 Å². The molecule has 0 unspecified atom stereocenters. The number of hydrogen-bond donors (Lipinski definition) is 2. The number of nitrogens with two attached hydrogens (primary N) is 1. The van der Waals surface area contributed by atoms with Crippen molar-refractivity contribution < 1.29 is 22.8 Å². The van der Waals surface area contributed by atoms with Gasteiger partial charge in [0.05, 0.1) is 11.1 Å². The van der Waals surface area contributed by atoms with Crippen LogP contribution in [0.5, 0.6) is 0 Å². The molecule has 0 aliphatic carbocycles. The first kappa shape index (κ1) is 23.2. The molecular formula is C19H21ClF3N3O2S. The average molecular weight is 448 g/mol. The molecule has 1 aliphatic rings. The second-order valence-electron chi connectivity index (χ2n) is 6.92. The number of anilines is 1. The monoisotopic (exact) mass is 447 g/mol. The molecule has 1 aliphatic heterocycles. The van der Waals surface area contributed by atoms with Gasteiger partial charge in [0.2, 0.25) is 0 Å². The van der Waals surface area contributed by atoms with E-state index < -0.39 is 23.6 Å². The normalized spacial score (nSPS) is 14.3. The second kappa shape index (κ2) is 8.73. The first-order valence-corrected chi connectivity index (χ1v) is 9.56. The molecule has 158 valence electrons. The molecule has 2 aromatic rings. The Morgan fingerprint density at radius 2 is 1.97 bits per heavy atom. The van der Waals surface area contributed by atoms with Crippen LogP contribution in [-0.2, 0) is 19.1 Å². The molecule has 10 heteroatoms. The van der Waals surface area contributed by atoms with Gasteiger partial charge < -0.3 is 11.1 Å². The Balaban J connectivity index is 0.00000300. The lowest BCUT2D eigenvalue weighted by Gasteiger charge is -2.30. The predicted molar refractivity (Wildman–Crippen MR) is 109 cm³/mol. The van der Waals surface area contributed by atoms with Gasteiger partial charge in [0.1, 0.15) is 5.00 Å². The Morgan fingerprint density at radius 1 is 1.28 bits per heavy atom. The topological polar surface area (TPSA) is 75.4 Å². The molecule has 1 aromatic heterocycles. The minimum Gasteiger partial charge on any atom is -0.365 e. The minimum atomic E-state index is -4.54. The molecule has 29 heavy (non-hydrogen) atoms. The Kier molecular flexibility index (Phi) is 6.97. The largest absolute Gasteiger partial charge is 0.416 e. The molecule has 2 heterocycles.